The van der Waals surface area contributed by atoms with Gasteiger partial charge in [-0.3, -0.25) is 14.4 Å². The summed E-state index contributed by atoms with van der Waals surface area (Å²) >= 11 is 0. The van der Waals surface area contributed by atoms with E-state index in [0.29, 0.717) is 18.7 Å². The fourth-order valence-electron chi connectivity index (χ4n) is 2.77. The van der Waals surface area contributed by atoms with E-state index < -0.39 is 0 Å². The first-order chi connectivity index (χ1) is 13.5. The minimum Gasteiger partial charge on any atom is -0.352 e. The lowest BCUT2D eigenvalue weighted by molar-refractivity contribution is -0.133. The lowest BCUT2D eigenvalue weighted by atomic mass is 10.1. The quantitative estimate of drug-likeness (QED) is 0.699. The van der Waals surface area contributed by atoms with Crippen LogP contribution in [0.3, 0.4) is 0 Å². The Morgan fingerprint density at radius 2 is 1.61 bits per heavy atom. The van der Waals surface area contributed by atoms with Crippen molar-refractivity contribution in [1.29, 1.82) is 0 Å². The monoisotopic (exact) mass is 381 g/mol. The zero-order valence-corrected chi connectivity index (χ0v) is 16.4. The third-order valence-electron chi connectivity index (χ3n) is 4.41. The van der Waals surface area contributed by atoms with Crippen LogP contribution >= 0.6 is 0 Å². The van der Waals surface area contributed by atoms with E-state index in [2.05, 4.69) is 10.6 Å². The van der Waals surface area contributed by atoms with Gasteiger partial charge in [-0.05, 0) is 31.0 Å². The summed E-state index contributed by atoms with van der Waals surface area (Å²) in [4.78, 5) is 38.1. The van der Waals surface area contributed by atoms with Gasteiger partial charge in [0, 0.05) is 31.6 Å². The van der Waals surface area contributed by atoms with Crippen molar-refractivity contribution in [3.8, 4) is 0 Å². The van der Waals surface area contributed by atoms with Crippen molar-refractivity contribution in [2.45, 2.75) is 26.8 Å². The third-order valence-corrected chi connectivity index (χ3v) is 4.41. The fraction of sp³-hybridized carbons (Fsp3) is 0.318. The highest BCUT2D eigenvalue weighted by molar-refractivity contribution is 5.95. The van der Waals surface area contributed by atoms with E-state index in [1.165, 1.54) is 0 Å². The molecule has 0 unspecified atom stereocenters. The molecule has 6 nitrogen and oxygen atoms in total. The minimum atomic E-state index is -0.269. The van der Waals surface area contributed by atoms with Gasteiger partial charge in [0.25, 0.3) is 5.91 Å². The van der Waals surface area contributed by atoms with Crippen LogP contribution in [0.1, 0.15) is 34.8 Å². The smallest absolute Gasteiger partial charge is 0.251 e. The van der Waals surface area contributed by atoms with Crippen molar-refractivity contribution in [1.82, 2.24) is 15.5 Å². The number of rotatable bonds is 9. The Hall–Kier alpha value is -3.15. The van der Waals surface area contributed by atoms with Crippen molar-refractivity contribution in [2.24, 2.45) is 0 Å². The highest BCUT2D eigenvalue weighted by Crippen LogP contribution is 2.06. The number of hydrogen-bond donors (Lipinski definition) is 2. The Balaban J connectivity index is 1.71. The maximum Gasteiger partial charge on any atom is 0.251 e. The summed E-state index contributed by atoms with van der Waals surface area (Å²) in [6.07, 6.45) is 0.121. The lowest BCUT2D eigenvalue weighted by Gasteiger charge is -2.21. The predicted octanol–water partition coefficient (Wildman–Crippen LogP) is 2.28. The van der Waals surface area contributed by atoms with Gasteiger partial charge in [-0.2, -0.15) is 0 Å². The Labute approximate surface area is 165 Å². The molecule has 0 heterocycles. The topological polar surface area (TPSA) is 78.5 Å². The summed E-state index contributed by atoms with van der Waals surface area (Å²) in [5, 5.41) is 5.36. The molecule has 0 bridgehead atoms. The van der Waals surface area contributed by atoms with E-state index in [9.17, 15) is 14.4 Å². The van der Waals surface area contributed by atoms with Gasteiger partial charge in [0.1, 0.15) is 0 Å². The second kappa shape index (κ2) is 10.9. The normalized spacial score (nSPS) is 10.2. The number of benzene rings is 2. The second-order valence-corrected chi connectivity index (χ2v) is 6.49. The van der Waals surface area contributed by atoms with Crippen LogP contribution in [-0.4, -0.2) is 42.3 Å². The Morgan fingerprint density at radius 3 is 2.29 bits per heavy atom. The molecule has 2 rings (SSSR count). The predicted molar refractivity (Wildman–Crippen MR) is 109 cm³/mol. The van der Waals surface area contributed by atoms with Crippen molar-refractivity contribution >= 4 is 17.7 Å². The number of hydrogen-bond acceptors (Lipinski definition) is 3. The number of aryl methyl sites for hydroxylation is 1. The molecular formula is C22H27N3O3. The molecule has 6 heteroatoms. The Bertz CT molecular complexity index is 806. The van der Waals surface area contributed by atoms with E-state index in [-0.39, 0.29) is 37.2 Å². The van der Waals surface area contributed by atoms with Crippen LogP contribution < -0.4 is 10.6 Å². The van der Waals surface area contributed by atoms with Gasteiger partial charge in [-0.1, -0.05) is 48.5 Å². The van der Waals surface area contributed by atoms with E-state index >= 15 is 0 Å². The molecular weight excluding hydrogens is 354 g/mol. The van der Waals surface area contributed by atoms with Crippen LogP contribution in [0.15, 0.2) is 54.6 Å². The van der Waals surface area contributed by atoms with E-state index in [1.54, 1.807) is 17.0 Å². The SMILES string of the molecule is CCN(Cc1ccccc1)C(=O)CNC(=O)CCNC(=O)c1ccccc1C. The molecule has 2 N–H and O–H groups in total. The third kappa shape index (κ3) is 6.54. The van der Waals surface area contributed by atoms with Crippen LogP contribution in [0.4, 0.5) is 0 Å². The summed E-state index contributed by atoms with van der Waals surface area (Å²) in [5.41, 5.74) is 2.52. The maximum absolute atomic E-state index is 12.3. The van der Waals surface area contributed by atoms with Gasteiger partial charge in [-0.15, -0.1) is 0 Å². The standard InChI is InChI=1S/C22H27N3O3/c1-3-25(16-18-10-5-4-6-11-18)21(27)15-24-20(26)13-14-23-22(28)19-12-8-7-9-17(19)2/h4-12H,3,13-16H2,1-2H3,(H,23,28)(H,24,26). The van der Waals surface area contributed by atoms with Crippen LogP contribution in [0.2, 0.25) is 0 Å². The highest BCUT2D eigenvalue weighted by atomic mass is 16.2. The molecule has 148 valence electrons. The molecule has 0 radical (unpaired) electrons. The Kier molecular flexibility index (Phi) is 8.21. The minimum absolute atomic E-state index is 0.0504. The molecule has 28 heavy (non-hydrogen) atoms. The van der Waals surface area contributed by atoms with Gasteiger partial charge in [-0.25, -0.2) is 0 Å². The fourth-order valence-corrected chi connectivity index (χ4v) is 2.77. The highest BCUT2D eigenvalue weighted by Gasteiger charge is 2.14. The van der Waals surface area contributed by atoms with Crippen LogP contribution in [0.25, 0.3) is 0 Å². The molecule has 0 saturated heterocycles. The summed E-state index contributed by atoms with van der Waals surface area (Å²) in [6.45, 7) is 5.01. The molecule has 0 atom stereocenters. The largest absolute Gasteiger partial charge is 0.352 e. The Morgan fingerprint density at radius 1 is 0.929 bits per heavy atom. The number of carbonyl (C=O) groups excluding carboxylic acids is 3. The second-order valence-electron chi connectivity index (χ2n) is 6.49. The van der Waals surface area contributed by atoms with Gasteiger partial charge in [0.15, 0.2) is 0 Å². The van der Waals surface area contributed by atoms with Gasteiger partial charge >= 0.3 is 0 Å². The van der Waals surface area contributed by atoms with Crippen molar-refractivity contribution in [3.05, 3.63) is 71.3 Å². The van der Waals surface area contributed by atoms with Crippen molar-refractivity contribution in [3.63, 3.8) is 0 Å². The molecule has 2 aromatic rings. The molecule has 0 saturated carbocycles. The van der Waals surface area contributed by atoms with Gasteiger partial charge in [0.05, 0.1) is 6.54 Å². The van der Waals surface area contributed by atoms with Gasteiger partial charge < -0.3 is 15.5 Å². The van der Waals surface area contributed by atoms with E-state index in [1.807, 2.05) is 56.3 Å². The van der Waals surface area contributed by atoms with Gasteiger partial charge in [0.2, 0.25) is 11.8 Å². The van der Waals surface area contributed by atoms with Crippen molar-refractivity contribution in [2.75, 3.05) is 19.6 Å². The molecule has 0 fully saturated rings. The van der Waals surface area contributed by atoms with Crippen LogP contribution in [-0.2, 0) is 16.1 Å². The van der Waals surface area contributed by atoms with Crippen LogP contribution in [0, 0.1) is 6.92 Å². The molecule has 0 spiro atoms. The molecule has 0 aliphatic carbocycles. The number of likely N-dealkylation sites (N-methyl/N-ethyl adjacent to an activating group) is 1. The first-order valence-electron chi connectivity index (χ1n) is 9.43. The summed E-state index contributed by atoms with van der Waals surface area (Å²) in [5.74, 6) is -0.611. The first-order valence-corrected chi connectivity index (χ1v) is 9.43. The average molecular weight is 381 g/mol. The van der Waals surface area contributed by atoms with Crippen molar-refractivity contribution < 1.29 is 14.4 Å². The maximum atomic E-state index is 12.3. The molecule has 3 amide bonds. The number of nitrogens with zero attached hydrogens (tertiary/aromatic N) is 1. The summed E-state index contributed by atoms with van der Waals surface area (Å²) in [7, 11) is 0. The summed E-state index contributed by atoms with van der Waals surface area (Å²) in [6, 6.07) is 17.0. The number of carbonyl (C=O) groups is 3. The van der Waals surface area contributed by atoms with E-state index in [4.69, 9.17) is 0 Å². The molecule has 0 aliphatic heterocycles. The summed E-state index contributed by atoms with van der Waals surface area (Å²) < 4.78 is 0. The zero-order valence-electron chi connectivity index (χ0n) is 16.4. The van der Waals surface area contributed by atoms with Crippen LogP contribution in [0.5, 0.6) is 0 Å². The number of nitrogens with one attached hydrogen (secondary N) is 2. The van der Waals surface area contributed by atoms with E-state index in [0.717, 1.165) is 11.1 Å². The average Bonchev–Trinajstić information content (AvgIpc) is 2.71. The number of amides is 3. The zero-order chi connectivity index (χ0) is 20.4. The lowest BCUT2D eigenvalue weighted by Crippen LogP contribution is -2.40. The molecule has 0 aromatic heterocycles. The molecule has 0 aliphatic rings. The molecule has 2 aromatic carbocycles. The first kappa shape index (κ1) is 21.2.